The fourth-order valence-corrected chi connectivity index (χ4v) is 3.53. The molecule has 33 heavy (non-hydrogen) atoms. The lowest BCUT2D eigenvalue weighted by molar-refractivity contribution is 0.103. The fraction of sp³-hybridized carbons (Fsp3) is 0.133. The lowest BCUT2D eigenvalue weighted by Gasteiger charge is -2.13. The summed E-state index contributed by atoms with van der Waals surface area (Å²) in [7, 11) is 0. The molecule has 0 heterocycles. The van der Waals surface area contributed by atoms with Crippen LogP contribution in [0.25, 0.3) is 11.1 Å². The lowest BCUT2D eigenvalue weighted by Crippen LogP contribution is -2.07. The summed E-state index contributed by atoms with van der Waals surface area (Å²) in [5.41, 5.74) is 3.94. The van der Waals surface area contributed by atoms with Crippen molar-refractivity contribution in [2.75, 3.05) is 13.2 Å². The molecule has 3 heteroatoms. The van der Waals surface area contributed by atoms with Gasteiger partial charge in [0.2, 0.25) is 0 Å². The SMILES string of the molecule is CCOCC.O=C(c1ccccc1)c1ccccc1-c1ccccc1C(=O)c1ccccc1. The number of hydrogen-bond acceptors (Lipinski definition) is 3. The number of ketones is 2. The van der Waals surface area contributed by atoms with Gasteiger partial charge < -0.3 is 4.74 Å². The van der Waals surface area contributed by atoms with Crippen LogP contribution >= 0.6 is 0 Å². The Morgan fingerprint density at radius 1 is 0.515 bits per heavy atom. The molecule has 0 aliphatic carbocycles. The number of carbonyl (C=O) groups excluding carboxylic acids is 2. The van der Waals surface area contributed by atoms with Crippen molar-refractivity contribution < 1.29 is 14.3 Å². The van der Waals surface area contributed by atoms with Gasteiger partial charge in [-0.2, -0.15) is 0 Å². The van der Waals surface area contributed by atoms with Gasteiger partial charge in [-0.05, 0) is 25.0 Å². The van der Waals surface area contributed by atoms with Crippen molar-refractivity contribution >= 4 is 11.6 Å². The van der Waals surface area contributed by atoms with E-state index in [1.165, 1.54) is 0 Å². The van der Waals surface area contributed by atoms with Crippen LogP contribution in [0.4, 0.5) is 0 Å². The van der Waals surface area contributed by atoms with Gasteiger partial charge in [0.1, 0.15) is 0 Å². The van der Waals surface area contributed by atoms with Gasteiger partial charge in [-0.15, -0.1) is 0 Å². The first-order chi connectivity index (χ1) is 16.2. The third kappa shape index (κ3) is 6.12. The highest BCUT2D eigenvalue weighted by Gasteiger charge is 2.19. The minimum absolute atomic E-state index is 0.0573. The molecule has 0 aromatic heterocycles. The zero-order valence-electron chi connectivity index (χ0n) is 19.0. The summed E-state index contributed by atoms with van der Waals surface area (Å²) < 4.78 is 4.83. The molecule has 0 saturated heterocycles. The average molecular weight is 437 g/mol. The van der Waals surface area contributed by atoms with E-state index in [4.69, 9.17) is 4.74 Å². The first-order valence-electron chi connectivity index (χ1n) is 11.1. The highest BCUT2D eigenvalue weighted by molar-refractivity contribution is 6.16. The summed E-state index contributed by atoms with van der Waals surface area (Å²) in [4.78, 5) is 26.2. The topological polar surface area (TPSA) is 43.4 Å². The molecular formula is C30H28O3. The predicted molar refractivity (Wildman–Crippen MR) is 134 cm³/mol. The maximum absolute atomic E-state index is 13.1. The molecule has 0 radical (unpaired) electrons. The largest absolute Gasteiger partial charge is 0.382 e. The zero-order chi connectivity index (χ0) is 23.5. The molecule has 0 N–H and O–H groups in total. The van der Waals surface area contributed by atoms with Gasteiger partial charge in [0, 0.05) is 35.5 Å². The van der Waals surface area contributed by atoms with Crippen molar-refractivity contribution in [1.82, 2.24) is 0 Å². The monoisotopic (exact) mass is 436 g/mol. The maximum Gasteiger partial charge on any atom is 0.193 e. The molecule has 0 aliphatic rings. The number of hydrogen-bond donors (Lipinski definition) is 0. The summed E-state index contributed by atoms with van der Waals surface area (Å²) in [5, 5.41) is 0. The molecule has 3 nitrogen and oxygen atoms in total. The van der Waals surface area contributed by atoms with Crippen LogP contribution in [0, 0.1) is 0 Å². The highest BCUT2D eigenvalue weighted by atomic mass is 16.5. The van der Waals surface area contributed by atoms with Crippen molar-refractivity contribution in [2.45, 2.75) is 13.8 Å². The Hall–Kier alpha value is -3.82. The first kappa shape index (κ1) is 23.8. The quantitative estimate of drug-likeness (QED) is 0.297. The first-order valence-corrected chi connectivity index (χ1v) is 11.1. The Kier molecular flexibility index (Phi) is 8.87. The van der Waals surface area contributed by atoms with Crippen molar-refractivity contribution in [1.29, 1.82) is 0 Å². The van der Waals surface area contributed by atoms with E-state index in [1.807, 2.05) is 98.8 Å². The van der Waals surface area contributed by atoms with Gasteiger partial charge in [-0.25, -0.2) is 0 Å². The molecule has 0 fully saturated rings. The molecular weight excluding hydrogens is 408 g/mol. The Balaban J connectivity index is 0.000000555. The van der Waals surface area contributed by atoms with Crippen LogP contribution < -0.4 is 0 Å². The van der Waals surface area contributed by atoms with Crippen molar-refractivity contribution in [3.05, 3.63) is 131 Å². The molecule has 0 unspecified atom stereocenters. The van der Waals surface area contributed by atoms with E-state index in [1.54, 1.807) is 24.3 Å². The van der Waals surface area contributed by atoms with Crippen LogP contribution in [0.2, 0.25) is 0 Å². The second-order valence-corrected chi connectivity index (χ2v) is 7.26. The van der Waals surface area contributed by atoms with Crippen LogP contribution in [-0.2, 0) is 4.74 Å². The van der Waals surface area contributed by atoms with Crippen LogP contribution in [0.15, 0.2) is 109 Å². The van der Waals surface area contributed by atoms with Gasteiger partial charge in [0.25, 0.3) is 0 Å². The van der Waals surface area contributed by atoms with Crippen LogP contribution in [0.1, 0.15) is 45.7 Å². The van der Waals surface area contributed by atoms with Crippen molar-refractivity contribution in [3.8, 4) is 11.1 Å². The molecule has 166 valence electrons. The molecule has 0 bridgehead atoms. The van der Waals surface area contributed by atoms with E-state index in [0.717, 1.165) is 24.3 Å². The van der Waals surface area contributed by atoms with E-state index in [0.29, 0.717) is 22.3 Å². The minimum Gasteiger partial charge on any atom is -0.382 e. The summed E-state index contributed by atoms with van der Waals surface area (Å²) in [5.74, 6) is -0.115. The number of benzene rings is 4. The summed E-state index contributed by atoms with van der Waals surface area (Å²) in [6.45, 7) is 5.67. The van der Waals surface area contributed by atoms with Crippen LogP contribution in [-0.4, -0.2) is 24.8 Å². The van der Waals surface area contributed by atoms with Gasteiger partial charge in [0.05, 0.1) is 0 Å². The van der Waals surface area contributed by atoms with Gasteiger partial charge in [0.15, 0.2) is 11.6 Å². The molecule has 0 saturated carbocycles. The Labute approximate surface area is 195 Å². The summed E-state index contributed by atoms with van der Waals surface area (Å²) in [6, 6.07) is 33.3. The molecule has 4 aromatic carbocycles. The van der Waals surface area contributed by atoms with E-state index in [9.17, 15) is 9.59 Å². The Morgan fingerprint density at radius 3 is 1.18 bits per heavy atom. The third-order valence-electron chi connectivity index (χ3n) is 5.11. The Morgan fingerprint density at radius 2 is 0.848 bits per heavy atom. The van der Waals surface area contributed by atoms with Gasteiger partial charge in [-0.3, -0.25) is 9.59 Å². The average Bonchev–Trinajstić information content (AvgIpc) is 2.90. The summed E-state index contributed by atoms with van der Waals surface area (Å²) in [6.07, 6.45) is 0. The molecule has 0 amide bonds. The highest BCUT2D eigenvalue weighted by Crippen LogP contribution is 2.30. The number of carbonyl (C=O) groups is 2. The standard InChI is InChI=1S/C26H18O2.C4H10O/c27-25(19-11-3-1-4-12-19)23-17-9-7-15-21(23)22-16-8-10-18-24(22)26(28)20-13-5-2-6-14-20;1-3-5-4-2/h1-18H;3-4H2,1-2H3. The minimum atomic E-state index is -0.0573. The number of rotatable bonds is 7. The molecule has 0 atom stereocenters. The van der Waals surface area contributed by atoms with E-state index in [2.05, 4.69) is 0 Å². The van der Waals surface area contributed by atoms with Gasteiger partial charge >= 0.3 is 0 Å². The van der Waals surface area contributed by atoms with Gasteiger partial charge in [-0.1, -0.05) is 109 Å². The molecule has 0 aliphatic heterocycles. The third-order valence-corrected chi connectivity index (χ3v) is 5.11. The van der Waals surface area contributed by atoms with Crippen LogP contribution in [0.3, 0.4) is 0 Å². The second kappa shape index (κ2) is 12.3. The predicted octanol–water partition coefficient (Wildman–Crippen LogP) is 6.86. The normalized spacial score (nSPS) is 10.1. The lowest BCUT2D eigenvalue weighted by atomic mass is 9.89. The Bertz CT molecular complexity index is 1090. The second-order valence-electron chi connectivity index (χ2n) is 7.26. The van der Waals surface area contributed by atoms with Crippen molar-refractivity contribution in [2.24, 2.45) is 0 Å². The van der Waals surface area contributed by atoms with E-state index in [-0.39, 0.29) is 11.6 Å². The summed E-state index contributed by atoms with van der Waals surface area (Å²) >= 11 is 0. The maximum atomic E-state index is 13.1. The smallest absolute Gasteiger partial charge is 0.193 e. The van der Waals surface area contributed by atoms with E-state index >= 15 is 0 Å². The molecule has 4 rings (SSSR count). The zero-order valence-corrected chi connectivity index (χ0v) is 19.0. The molecule has 4 aromatic rings. The fourth-order valence-electron chi connectivity index (χ4n) is 3.53. The van der Waals surface area contributed by atoms with Crippen molar-refractivity contribution in [3.63, 3.8) is 0 Å². The van der Waals surface area contributed by atoms with E-state index < -0.39 is 0 Å². The molecule has 0 spiro atoms. The number of ether oxygens (including phenoxy) is 1. The van der Waals surface area contributed by atoms with Crippen LogP contribution in [0.5, 0.6) is 0 Å².